The fraction of sp³-hybridized carbons (Fsp3) is 0.438. The van der Waals surface area contributed by atoms with Crippen LogP contribution in [0.4, 0.5) is 18.9 Å². The fourth-order valence-electron chi connectivity index (χ4n) is 2.91. The van der Waals surface area contributed by atoms with Crippen LogP contribution < -0.4 is 15.4 Å². The topological polar surface area (TPSA) is 81.1 Å². The van der Waals surface area contributed by atoms with E-state index < -0.39 is 18.0 Å². The number of nitrogens with one attached hydrogen (secondary N) is 2. The zero-order valence-electron chi connectivity index (χ0n) is 14.4. The van der Waals surface area contributed by atoms with E-state index in [0.717, 1.165) is 32.0 Å². The highest BCUT2D eigenvalue weighted by Gasteiger charge is 2.32. The van der Waals surface area contributed by atoms with Crippen molar-refractivity contribution in [1.29, 1.82) is 0 Å². The second-order valence-electron chi connectivity index (χ2n) is 5.95. The Morgan fingerprint density at radius 3 is 2.63 bits per heavy atom. The van der Waals surface area contributed by atoms with Crippen LogP contribution in [-0.2, 0) is 0 Å². The monoisotopic (exact) mass is 405 g/mol. The number of amides is 1. The molecule has 7 nitrogen and oxygen atoms in total. The summed E-state index contributed by atoms with van der Waals surface area (Å²) in [7, 11) is 0. The Morgan fingerprint density at radius 1 is 1.30 bits per heavy atom. The summed E-state index contributed by atoms with van der Waals surface area (Å²) in [6, 6.07) is 5.48. The van der Waals surface area contributed by atoms with Crippen molar-refractivity contribution in [2.24, 2.45) is 0 Å². The molecular formula is C16H19ClF3N5O2. The molecule has 0 saturated carbocycles. The maximum atomic E-state index is 12.5. The van der Waals surface area contributed by atoms with Gasteiger partial charge in [-0.1, -0.05) is 17.3 Å². The average Bonchev–Trinajstić information content (AvgIpc) is 2.98. The van der Waals surface area contributed by atoms with Crippen LogP contribution in [0.15, 0.2) is 24.3 Å². The van der Waals surface area contributed by atoms with E-state index in [1.165, 1.54) is 18.2 Å². The number of benzene rings is 1. The van der Waals surface area contributed by atoms with Gasteiger partial charge in [-0.2, -0.15) is 0 Å². The molecule has 1 amide bonds. The molecule has 1 aromatic carbocycles. The van der Waals surface area contributed by atoms with Crippen LogP contribution >= 0.6 is 12.4 Å². The van der Waals surface area contributed by atoms with Gasteiger partial charge in [0, 0.05) is 0 Å². The van der Waals surface area contributed by atoms with Gasteiger partial charge in [-0.25, -0.2) is 4.68 Å². The number of rotatable bonds is 4. The first kappa shape index (κ1) is 21.0. The Balaban J connectivity index is 0.00000261. The SMILES string of the molecule is Cc1c(C(=O)Nc2ccccc2OC(F)(F)F)nnn1C1CCNCC1.Cl. The second kappa shape index (κ2) is 8.57. The molecule has 11 heteroatoms. The van der Waals surface area contributed by atoms with E-state index in [1.807, 2.05) is 0 Å². The molecule has 1 aromatic heterocycles. The van der Waals surface area contributed by atoms with Crippen LogP contribution in [0.3, 0.4) is 0 Å². The molecule has 0 spiro atoms. The van der Waals surface area contributed by atoms with Crippen LogP contribution in [0.5, 0.6) is 5.75 Å². The highest BCUT2D eigenvalue weighted by molar-refractivity contribution is 6.04. The quantitative estimate of drug-likeness (QED) is 0.817. The second-order valence-corrected chi connectivity index (χ2v) is 5.95. The molecule has 148 valence electrons. The largest absolute Gasteiger partial charge is 0.573 e. The minimum Gasteiger partial charge on any atom is -0.404 e. The van der Waals surface area contributed by atoms with Gasteiger partial charge in [0.1, 0.15) is 0 Å². The molecule has 0 aliphatic carbocycles. The maximum absolute atomic E-state index is 12.5. The molecule has 0 atom stereocenters. The van der Waals surface area contributed by atoms with Gasteiger partial charge in [-0.05, 0) is 45.0 Å². The number of hydrogen-bond acceptors (Lipinski definition) is 5. The zero-order chi connectivity index (χ0) is 18.7. The van der Waals surface area contributed by atoms with Crippen LogP contribution in [-0.4, -0.2) is 40.4 Å². The van der Waals surface area contributed by atoms with Crippen LogP contribution in [0.25, 0.3) is 0 Å². The van der Waals surface area contributed by atoms with E-state index in [0.29, 0.717) is 5.69 Å². The number of carbonyl (C=O) groups excluding carboxylic acids is 1. The summed E-state index contributed by atoms with van der Waals surface area (Å²) in [4.78, 5) is 12.5. The van der Waals surface area contributed by atoms with Gasteiger partial charge in [0.2, 0.25) is 0 Å². The first-order chi connectivity index (χ1) is 12.3. The standard InChI is InChI=1S/C16H18F3N5O2.ClH/c1-10-14(22-23-24(10)11-6-8-20-9-7-11)15(25)21-12-4-2-3-5-13(12)26-16(17,18)19;/h2-5,11,20H,6-9H2,1H3,(H,21,25);1H. The van der Waals surface area contributed by atoms with E-state index in [4.69, 9.17) is 0 Å². The molecule has 27 heavy (non-hydrogen) atoms. The van der Waals surface area contributed by atoms with Crippen molar-refractivity contribution in [2.45, 2.75) is 32.2 Å². The smallest absolute Gasteiger partial charge is 0.404 e. The summed E-state index contributed by atoms with van der Waals surface area (Å²) in [5.74, 6) is -1.13. The number of piperidine rings is 1. The van der Waals surface area contributed by atoms with E-state index in [9.17, 15) is 18.0 Å². The highest BCUT2D eigenvalue weighted by atomic mass is 35.5. The number of para-hydroxylation sites is 2. The maximum Gasteiger partial charge on any atom is 0.573 e. The Hall–Kier alpha value is -2.33. The Bertz CT molecular complexity index is 791. The summed E-state index contributed by atoms with van der Waals surface area (Å²) in [6.07, 6.45) is -3.12. The molecule has 1 fully saturated rings. The normalized spacial score (nSPS) is 15.1. The summed E-state index contributed by atoms with van der Waals surface area (Å²) < 4.78 is 43.1. The number of alkyl halides is 3. The van der Waals surface area contributed by atoms with Gasteiger partial charge >= 0.3 is 6.36 Å². The van der Waals surface area contributed by atoms with Gasteiger partial charge < -0.3 is 15.4 Å². The number of nitrogens with zero attached hydrogens (tertiary/aromatic N) is 3. The first-order valence-corrected chi connectivity index (χ1v) is 8.14. The molecule has 1 aliphatic rings. The number of carbonyl (C=O) groups is 1. The molecule has 3 rings (SSSR count). The summed E-state index contributed by atoms with van der Waals surface area (Å²) in [6.45, 7) is 3.43. The third kappa shape index (κ3) is 5.10. The third-order valence-electron chi connectivity index (χ3n) is 4.16. The molecule has 0 bridgehead atoms. The number of hydrogen-bond donors (Lipinski definition) is 2. The number of anilines is 1. The number of halogens is 4. The van der Waals surface area contributed by atoms with Crippen molar-refractivity contribution >= 4 is 24.0 Å². The fourth-order valence-corrected chi connectivity index (χ4v) is 2.91. The van der Waals surface area contributed by atoms with Crippen molar-refractivity contribution in [3.63, 3.8) is 0 Å². The molecule has 2 heterocycles. The summed E-state index contributed by atoms with van der Waals surface area (Å²) in [5, 5.41) is 13.6. The third-order valence-corrected chi connectivity index (χ3v) is 4.16. The number of aromatic nitrogens is 3. The van der Waals surface area contributed by atoms with Gasteiger partial charge in [-0.3, -0.25) is 4.79 Å². The van der Waals surface area contributed by atoms with E-state index >= 15 is 0 Å². The lowest BCUT2D eigenvalue weighted by atomic mass is 10.1. The Morgan fingerprint density at radius 2 is 1.96 bits per heavy atom. The minimum atomic E-state index is -4.85. The molecule has 1 aliphatic heterocycles. The van der Waals surface area contributed by atoms with Gasteiger partial charge in [0.05, 0.1) is 17.4 Å². The summed E-state index contributed by atoms with van der Waals surface area (Å²) >= 11 is 0. The molecule has 0 unspecified atom stereocenters. The molecule has 0 radical (unpaired) electrons. The van der Waals surface area contributed by atoms with Crippen LogP contribution in [0.1, 0.15) is 35.1 Å². The Labute approximate surface area is 159 Å². The lowest BCUT2D eigenvalue weighted by molar-refractivity contribution is -0.274. The Kier molecular flexibility index (Phi) is 6.66. The van der Waals surface area contributed by atoms with Crippen molar-refractivity contribution in [3.8, 4) is 5.75 Å². The lowest BCUT2D eigenvalue weighted by Crippen LogP contribution is -2.30. The van der Waals surface area contributed by atoms with Crippen molar-refractivity contribution < 1.29 is 22.7 Å². The number of ether oxygens (including phenoxy) is 1. The van der Waals surface area contributed by atoms with E-state index in [1.54, 1.807) is 11.6 Å². The lowest BCUT2D eigenvalue weighted by Gasteiger charge is -2.23. The molecule has 2 N–H and O–H groups in total. The minimum absolute atomic E-state index is 0. The molecular weight excluding hydrogens is 387 g/mol. The molecule has 1 saturated heterocycles. The molecule has 2 aromatic rings. The van der Waals surface area contributed by atoms with E-state index in [2.05, 4.69) is 25.7 Å². The first-order valence-electron chi connectivity index (χ1n) is 8.14. The predicted octanol–water partition coefficient (Wildman–Crippen LogP) is 3.08. The predicted molar refractivity (Wildman–Crippen MR) is 94.2 cm³/mol. The zero-order valence-corrected chi connectivity index (χ0v) is 15.2. The van der Waals surface area contributed by atoms with Crippen molar-refractivity contribution in [3.05, 3.63) is 35.7 Å². The van der Waals surface area contributed by atoms with Gasteiger partial charge in [0.15, 0.2) is 11.4 Å². The van der Waals surface area contributed by atoms with Crippen LogP contribution in [0, 0.1) is 6.92 Å². The average molecular weight is 406 g/mol. The van der Waals surface area contributed by atoms with Crippen molar-refractivity contribution in [2.75, 3.05) is 18.4 Å². The summed E-state index contributed by atoms with van der Waals surface area (Å²) in [5.41, 5.74) is 0.555. The van der Waals surface area contributed by atoms with Gasteiger partial charge in [-0.15, -0.1) is 30.7 Å². The van der Waals surface area contributed by atoms with E-state index in [-0.39, 0.29) is 29.8 Å². The van der Waals surface area contributed by atoms with Crippen molar-refractivity contribution in [1.82, 2.24) is 20.3 Å². The van der Waals surface area contributed by atoms with Crippen LogP contribution in [0.2, 0.25) is 0 Å². The highest BCUT2D eigenvalue weighted by Crippen LogP contribution is 2.30. The van der Waals surface area contributed by atoms with Gasteiger partial charge in [0.25, 0.3) is 5.91 Å².